The summed E-state index contributed by atoms with van der Waals surface area (Å²) < 4.78 is 6.98. The van der Waals surface area contributed by atoms with Crippen molar-refractivity contribution in [1.29, 1.82) is 0 Å². The third-order valence-corrected chi connectivity index (χ3v) is 4.59. The van der Waals surface area contributed by atoms with E-state index in [4.69, 9.17) is 16.3 Å². The van der Waals surface area contributed by atoms with E-state index in [-0.39, 0.29) is 5.97 Å². The lowest BCUT2D eigenvalue weighted by Gasteiger charge is -2.23. The first-order valence-corrected chi connectivity index (χ1v) is 7.56. The molecule has 5 heteroatoms. The molecule has 3 rings (SSSR count). The SMILES string of the molecule is CNC1CCc2c(CC(=O)OC)c3ccc(Cl)cn3c2C1. The third kappa shape index (κ3) is 2.54. The number of esters is 1. The molecule has 21 heavy (non-hydrogen) atoms. The summed E-state index contributed by atoms with van der Waals surface area (Å²) >= 11 is 6.15. The first kappa shape index (κ1) is 14.4. The lowest BCUT2D eigenvalue weighted by atomic mass is 9.90. The molecule has 2 heterocycles. The average molecular weight is 307 g/mol. The normalized spacial score (nSPS) is 17.8. The maximum absolute atomic E-state index is 11.7. The van der Waals surface area contributed by atoms with Crippen molar-refractivity contribution >= 4 is 23.1 Å². The van der Waals surface area contributed by atoms with Crippen LogP contribution in [0.5, 0.6) is 0 Å². The Bertz CT molecular complexity index is 693. The number of rotatable bonds is 3. The molecule has 0 amide bonds. The van der Waals surface area contributed by atoms with Gasteiger partial charge in [0, 0.05) is 29.9 Å². The van der Waals surface area contributed by atoms with Gasteiger partial charge in [0.2, 0.25) is 0 Å². The first-order chi connectivity index (χ1) is 10.1. The second-order valence-electron chi connectivity index (χ2n) is 5.49. The monoisotopic (exact) mass is 306 g/mol. The number of nitrogens with one attached hydrogen (secondary N) is 1. The molecular weight excluding hydrogens is 288 g/mol. The Morgan fingerprint density at radius 2 is 2.33 bits per heavy atom. The summed E-state index contributed by atoms with van der Waals surface area (Å²) in [6.45, 7) is 0. The van der Waals surface area contributed by atoms with Crippen LogP contribution in [0.15, 0.2) is 18.3 Å². The van der Waals surface area contributed by atoms with Gasteiger partial charge in [0.15, 0.2) is 0 Å². The molecule has 0 saturated carbocycles. The largest absolute Gasteiger partial charge is 0.469 e. The van der Waals surface area contributed by atoms with Crippen molar-refractivity contribution < 1.29 is 9.53 Å². The van der Waals surface area contributed by atoms with Crippen LogP contribution in [-0.2, 0) is 28.8 Å². The standard InChI is InChI=1S/C16H19ClN2O2/c1-18-11-4-5-12-13(8-16(20)21-2)14-6-3-10(17)9-19(14)15(12)7-11/h3,6,9,11,18H,4-5,7-8H2,1-2H3. The van der Waals surface area contributed by atoms with Crippen LogP contribution < -0.4 is 5.32 Å². The van der Waals surface area contributed by atoms with E-state index in [1.807, 2.05) is 25.4 Å². The molecule has 0 fully saturated rings. The predicted octanol–water partition coefficient (Wildman–Crippen LogP) is 2.38. The Kier molecular flexibility index (Phi) is 3.91. The summed E-state index contributed by atoms with van der Waals surface area (Å²) in [7, 11) is 3.43. The van der Waals surface area contributed by atoms with E-state index in [9.17, 15) is 4.79 Å². The fourth-order valence-electron chi connectivity index (χ4n) is 3.25. The van der Waals surface area contributed by atoms with Crippen LogP contribution in [-0.4, -0.2) is 30.6 Å². The third-order valence-electron chi connectivity index (χ3n) is 4.36. The zero-order valence-electron chi connectivity index (χ0n) is 12.3. The molecule has 1 unspecified atom stereocenters. The number of carbonyl (C=O) groups is 1. The highest BCUT2D eigenvalue weighted by molar-refractivity contribution is 6.30. The molecule has 2 aromatic rings. The molecule has 2 aromatic heterocycles. The summed E-state index contributed by atoms with van der Waals surface area (Å²) in [5, 5.41) is 4.05. The van der Waals surface area contributed by atoms with E-state index >= 15 is 0 Å². The number of hydrogen-bond donors (Lipinski definition) is 1. The second kappa shape index (κ2) is 5.70. The van der Waals surface area contributed by atoms with E-state index in [2.05, 4.69) is 9.72 Å². The zero-order valence-corrected chi connectivity index (χ0v) is 13.0. The fraction of sp³-hybridized carbons (Fsp3) is 0.438. The Labute approximate surface area is 129 Å². The Hall–Kier alpha value is -1.52. The number of pyridine rings is 1. The van der Waals surface area contributed by atoms with E-state index < -0.39 is 0 Å². The molecule has 1 aliphatic carbocycles. The Morgan fingerprint density at radius 3 is 3.05 bits per heavy atom. The Morgan fingerprint density at radius 1 is 1.52 bits per heavy atom. The molecule has 0 aliphatic heterocycles. The summed E-state index contributed by atoms with van der Waals surface area (Å²) in [4.78, 5) is 11.7. The van der Waals surface area contributed by atoms with Gasteiger partial charge in [0.25, 0.3) is 0 Å². The van der Waals surface area contributed by atoms with Crippen LogP contribution in [0.25, 0.3) is 5.52 Å². The van der Waals surface area contributed by atoms with Gasteiger partial charge >= 0.3 is 5.97 Å². The molecule has 0 spiro atoms. The Balaban J connectivity index is 2.16. The maximum Gasteiger partial charge on any atom is 0.310 e. The van der Waals surface area contributed by atoms with Gasteiger partial charge in [-0.25, -0.2) is 0 Å². The first-order valence-electron chi connectivity index (χ1n) is 7.18. The topological polar surface area (TPSA) is 42.7 Å². The molecule has 0 aromatic carbocycles. The average Bonchev–Trinajstić information content (AvgIpc) is 2.80. The second-order valence-corrected chi connectivity index (χ2v) is 5.92. The smallest absolute Gasteiger partial charge is 0.310 e. The van der Waals surface area contributed by atoms with Crippen LogP contribution in [0.3, 0.4) is 0 Å². The van der Waals surface area contributed by atoms with Gasteiger partial charge in [-0.15, -0.1) is 0 Å². The van der Waals surface area contributed by atoms with E-state index in [0.29, 0.717) is 17.5 Å². The number of likely N-dealkylation sites (N-methyl/N-ethyl adjacent to an activating group) is 1. The van der Waals surface area contributed by atoms with Gasteiger partial charge in [-0.1, -0.05) is 11.6 Å². The predicted molar refractivity (Wildman–Crippen MR) is 83.0 cm³/mol. The molecule has 1 N–H and O–H groups in total. The van der Waals surface area contributed by atoms with E-state index in [0.717, 1.165) is 30.3 Å². The summed E-state index contributed by atoms with van der Waals surface area (Å²) in [5.74, 6) is -0.198. The van der Waals surface area contributed by atoms with Crippen LogP contribution in [0.1, 0.15) is 23.2 Å². The number of methoxy groups -OCH3 is 1. The fourth-order valence-corrected chi connectivity index (χ4v) is 3.41. The molecule has 4 nitrogen and oxygen atoms in total. The summed E-state index contributed by atoms with van der Waals surface area (Å²) in [6, 6.07) is 4.34. The number of ether oxygens (including phenoxy) is 1. The van der Waals surface area contributed by atoms with Crippen molar-refractivity contribution in [3.05, 3.63) is 40.2 Å². The van der Waals surface area contributed by atoms with Crippen molar-refractivity contribution in [2.45, 2.75) is 31.7 Å². The minimum atomic E-state index is -0.198. The van der Waals surface area contributed by atoms with Crippen LogP contribution in [0.2, 0.25) is 5.02 Å². The van der Waals surface area contributed by atoms with Crippen molar-refractivity contribution in [1.82, 2.24) is 9.72 Å². The lowest BCUT2D eigenvalue weighted by molar-refractivity contribution is -0.139. The van der Waals surface area contributed by atoms with Gasteiger partial charge in [0.1, 0.15) is 0 Å². The molecule has 1 atom stereocenters. The van der Waals surface area contributed by atoms with Gasteiger partial charge in [-0.05, 0) is 43.1 Å². The lowest BCUT2D eigenvalue weighted by Crippen LogP contribution is -2.32. The van der Waals surface area contributed by atoms with Gasteiger partial charge in [-0.3, -0.25) is 4.79 Å². The van der Waals surface area contributed by atoms with Crippen molar-refractivity contribution in [3.63, 3.8) is 0 Å². The van der Waals surface area contributed by atoms with E-state index in [1.54, 1.807) is 0 Å². The van der Waals surface area contributed by atoms with Crippen molar-refractivity contribution in [3.8, 4) is 0 Å². The molecule has 0 radical (unpaired) electrons. The van der Waals surface area contributed by atoms with Gasteiger partial charge < -0.3 is 14.5 Å². The molecular formula is C16H19ClN2O2. The molecule has 1 aliphatic rings. The van der Waals surface area contributed by atoms with Gasteiger partial charge in [-0.2, -0.15) is 0 Å². The highest BCUT2D eigenvalue weighted by atomic mass is 35.5. The van der Waals surface area contributed by atoms with Crippen LogP contribution >= 0.6 is 11.6 Å². The van der Waals surface area contributed by atoms with Crippen LogP contribution in [0.4, 0.5) is 0 Å². The highest BCUT2D eigenvalue weighted by Gasteiger charge is 2.26. The number of nitrogens with zero attached hydrogens (tertiary/aromatic N) is 1. The van der Waals surface area contributed by atoms with Gasteiger partial charge in [0.05, 0.1) is 18.6 Å². The minimum absolute atomic E-state index is 0.198. The highest BCUT2D eigenvalue weighted by Crippen LogP contribution is 2.32. The number of halogens is 1. The summed E-state index contributed by atoms with van der Waals surface area (Å²) in [5.41, 5.74) is 4.70. The summed E-state index contributed by atoms with van der Waals surface area (Å²) in [6.07, 6.45) is 5.28. The molecule has 112 valence electrons. The minimum Gasteiger partial charge on any atom is -0.469 e. The maximum atomic E-state index is 11.7. The number of aromatic nitrogens is 1. The van der Waals surface area contributed by atoms with Crippen molar-refractivity contribution in [2.75, 3.05) is 14.2 Å². The number of hydrogen-bond acceptors (Lipinski definition) is 3. The van der Waals surface area contributed by atoms with Crippen LogP contribution in [0, 0.1) is 0 Å². The van der Waals surface area contributed by atoms with E-state index in [1.165, 1.54) is 18.4 Å². The molecule has 0 saturated heterocycles. The zero-order chi connectivity index (χ0) is 15.0. The van der Waals surface area contributed by atoms with Crippen molar-refractivity contribution in [2.24, 2.45) is 0 Å². The number of carbonyl (C=O) groups excluding carboxylic acids is 1. The molecule has 0 bridgehead atoms. The quantitative estimate of drug-likeness (QED) is 0.886. The number of fused-ring (bicyclic) bond motifs is 3.